The summed E-state index contributed by atoms with van der Waals surface area (Å²) < 4.78 is 12.9. The smallest absolute Gasteiger partial charge is 0.292 e. The van der Waals surface area contributed by atoms with Gasteiger partial charge in [0, 0.05) is 36.6 Å². The van der Waals surface area contributed by atoms with Gasteiger partial charge in [0.2, 0.25) is 5.76 Å². The van der Waals surface area contributed by atoms with Gasteiger partial charge >= 0.3 is 0 Å². The molecule has 1 saturated heterocycles. The molecule has 2 aromatic carbocycles. The van der Waals surface area contributed by atoms with Crippen molar-refractivity contribution in [2.75, 3.05) is 25.5 Å². The number of hydrogen-bond donors (Lipinski definition) is 1. The minimum atomic E-state index is -0.190. The molecule has 7 heteroatoms. The van der Waals surface area contributed by atoms with E-state index in [9.17, 15) is 4.79 Å². The number of anilines is 1. The number of rotatable bonds is 3. The topological polar surface area (TPSA) is 72.5 Å². The first-order chi connectivity index (χ1) is 16.2. The molecule has 166 valence electrons. The van der Waals surface area contributed by atoms with Gasteiger partial charge in [0.25, 0.3) is 5.91 Å². The molecule has 0 bridgehead atoms. The van der Waals surface area contributed by atoms with E-state index in [1.54, 1.807) is 13.2 Å². The second-order valence-electron chi connectivity index (χ2n) is 8.58. The number of carbonyl (C=O) groups is 1. The summed E-state index contributed by atoms with van der Waals surface area (Å²) in [7, 11) is 1.63. The van der Waals surface area contributed by atoms with Crippen molar-refractivity contribution in [1.82, 2.24) is 14.6 Å². The number of methoxy groups -OCH3 is 1. The maximum atomic E-state index is 13.2. The molecule has 0 unspecified atom stereocenters. The van der Waals surface area contributed by atoms with E-state index in [2.05, 4.69) is 57.6 Å². The fourth-order valence-electron chi connectivity index (χ4n) is 4.99. The lowest BCUT2D eigenvalue weighted by molar-refractivity contribution is 0.0635. The zero-order chi connectivity index (χ0) is 22.4. The van der Waals surface area contributed by atoms with Gasteiger partial charge in [-0.05, 0) is 61.4 Å². The van der Waals surface area contributed by atoms with Crippen LogP contribution in [0.15, 0.2) is 77.4 Å². The van der Waals surface area contributed by atoms with Crippen LogP contribution in [0, 0.1) is 0 Å². The Morgan fingerprint density at radius 1 is 1.06 bits per heavy atom. The lowest BCUT2D eigenvalue weighted by Gasteiger charge is -2.46. The van der Waals surface area contributed by atoms with Crippen molar-refractivity contribution in [3.05, 3.63) is 84.4 Å². The summed E-state index contributed by atoms with van der Waals surface area (Å²) in [5.74, 6) is 0.914. The van der Waals surface area contributed by atoms with Gasteiger partial charge in [-0.25, -0.2) is 0 Å². The summed E-state index contributed by atoms with van der Waals surface area (Å²) in [5.41, 5.74) is 4.86. The maximum Gasteiger partial charge on any atom is 0.292 e. The molecule has 0 radical (unpaired) electrons. The van der Waals surface area contributed by atoms with Crippen molar-refractivity contribution in [2.24, 2.45) is 0 Å². The predicted molar refractivity (Wildman–Crippen MR) is 125 cm³/mol. The molecule has 33 heavy (non-hydrogen) atoms. The molecule has 1 spiro atoms. The Morgan fingerprint density at radius 3 is 2.64 bits per heavy atom. The lowest BCUT2D eigenvalue weighted by atomic mass is 9.82. The first-order valence-corrected chi connectivity index (χ1v) is 11.1. The highest BCUT2D eigenvalue weighted by atomic mass is 16.5. The first kappa shape index (κ1) is 19.7. The number of benzene rings is 2. The summed E-state index contributed by atoms with van der Waals surface area (Å²) in [6.45, 7) is 1.27. The number of piperidine rings is 1. The van der Waals surface area contributed by atoms with Crippen LogP contribution in [-0.2, 0) is 5.54 Å². The average molecular weight is 441 g/mol. The van der Waals surface area contributed by atoms with Crippen LogP contribution in [0.1, 0.15) is 29.1 Å². The quantitative estimate of drug-likeness (QED) is 0.500. The normalized spacial score (nSPS) is 16.1. The molecule has 1 amide bonds. The Bertz CT molecular complexity index is 1310. The molecule has 4 aromatic rings. The van der Waals surface area contributed by atoms with Crippen molar-refractivity contribution in [3.8, 4) is 22.7 Å². The summed E-state index contributed by atoms with van der Waals surface area (Å²) in [6, 6.07) is 21.9. The van der Waals surface area contributed by atoms with Gasteiger partial charge in [-0.2, -0.15) is 0 Å². The van der Waals surface area contributed by atoms with Crippen molar-refractivity contribution in [3.63, 3.8) is 0 Å². The highest BCUT2D eigenvalue weighted by Crippen LogP contribution is 2.43. The molecule has 2 aliphatic heterocycles. The summed E-state index contributed by atoms with van der Waals surface area (Å²) in [5, 5.41) is 7.89. The monoisotopic (exact) mass is 440 g/mol. The number of amides is 1. The SMILES string of the molecule is COc1ccc(-c2cc(C(=O)N3CCC4(CC3)Nc3ccccc3-n3cccc34)on2)cc1. The largest absolute Gasteiger partial charge is 0.497 e. The van der Waals surface area contributed by atoms with E-state index < -0.39 is 0 Å². The fourth-order valence-corrected chi connectivity index (χ4v) is 4.99. The number of nitrogens with one attached hydrogen (secondary N) is 1. The van der Waals surface area contributed by atoms with Gasteiger partial charge < -0.3 is 24.0 Å². The molecule has 2 aromatic heterocycles. The van der Waals surface area contributed by atoms with Crippen molar-refractivity contribution >= 4 is 11.6 Å². The van der Waals surface area contributed by atoms with Crippen LogP contribution in [0.4, 0.5) is 5.69 Å². The van der Waals surface area contributed by atoms with E-state index in [0.717, 1.165) is 35.5 Å². The number of carbonyl (C=O) groups excluding carboxylic acids is 1. The zero-order valence-corrected chi connectivity index (χ0v) is 18.3. The van der Waals surface area contributed by atoms with E-state index in [1.807, 2.05) is 29.2 Å². The van der Waals surface area contributed by atoms with Crippen molar-refractivity contribution in [2.45, 2.75) is 18.4 Å². The number of aromatic nitrogens is 2. The van der Waals surface area contributed by atoms with Crippen LogP contribution >= 0.6 is 0 Å². The van der Waals surface area contributed by atoms with Gasteiger partial charge in [0.05, 0.1) is 24.0 Å². The molecule has 4 heterocycles. The third-order valence-electron chi connectivity index (χ3n) is 6.79. The Kier molecular flexibility index (Phi) is 4.50. The van der Waals surface area contributed by atoms with E-state index in [-0.39, 0.29) is 17.2 Å². The van der Waals surface area contributed by atoms with E-state index in [4.69, 9.17) is 9.26 Å². The molecular formula is C26H24N4O3. The second-order valence-corrected chi connectivity index (χ2v) is 8.58. The van der Waals surface area contributed by atoms with Gasteiger partial charge in [0.15, 0.2) is 0 Å². The van der Waals surface area contributed by atoms with E-state index >= 15 is 0 Å². The molecule has 0 saturated carbocycles. The molecular weight excluding hydrogens is 416 g/mol. The van der Waals surface area contributed by atoms with Crippen molar-refractivity contribution in [1.29, 1.82) is 0 Å². The van der Waals surface area contributed by atoms with E-state index in [0.29, 0.717) is 18.8 Å². The number of fused-ring (bicyclic) bond motifs is 4. The lowest BCUT2D eigenvalue weighted by Crippen LogP contribution is -2.51. The highest BCUT2D eigenvalue weighted by molar-refractivity contribution is 5.92. The van der Waals surface area contributed by atoms with Gasteiger partial charge in [0.1, 0.15) is 11.4 Å². The van der Waals surface area contributed by atoms with Crippen LogP contribution < -0.4 is 10.1 Å². The van der Waals surface area contributed by atoms with Crippen LogP contribution in [0.25, 0.3) is 16.9 Å². The van der Waals surface area contributed by atoms with Crippen molar-refractivity contribution < 1.29 is 14.1 Å². The number of hydrogen-bond acceptors (Lipinski definition) is 5. The molecule has 6 rings (SSSR count). The number of ether oxygens (including phenoxy) is 1. The molecule has 0 aliphatic carbocycles. The molecule has 1 N–H and O–H groups in total. The first-order valence-electron chi connectivity index (χ1n) is 11.1. The average Bonchev–Trinajstić information content (AvgIpc) is 3.56. The van der Waals surface area contributed by atoms with Crippen LogP contribution in [0.5, 0.6) is 5.75 Å². The number of para-hydroxylation sites is 2. The Morgan fingerprint density at radius 2 is 1.85 bits per heavy atom. The minimum absolute atomic E-state index is 0.122. The number of nitrogens with zero attached hydrogens (tertiary/aromatic N) is 3. The fraction of sp³-hybridized carbons (Fsp3) is 0.231. The van der Waals surface area contributed by atoms with Crippen LogP contribution in [0.2, 0.25) is 0 Å². The van der Waals surface area contributed by atoms with Gasteiger partial charge in [-0.15, -0.1) is 0 Å². The molecule has 0 atom stereocenters. The zero-order valence-electron chi connectivity index (χ0n) is 18.3. The summed E-state index contributed by atoms with van der Waals surface area (Å²) >= 11 is 0. The summed E-state index contributed by atoms with van der Waals surface area (Å²) in [4.78, 5) is 15.0. The minimum Gasteiger partial charge on any atom is -0.497 e. The second kappa shape index (κ2) is 7.55. The van der Waals surface area contributed by atoms with E-state index in [1.165, 1.54) is 5.69 Å². The third-order valence-corrected chi connectivity index (χ3v) is 6.79. The predicted octanol–water partition coefficient (Wildman–Crippen LogP) is 4.70. The summed E-state index contributed by atoms with van der Waals surface area (Å²) in [6.07, 6.45) is 3.75. The number of likely N-dealkylation sites (tertiary alicyclic amines) is 1. The molecule has 7 nitrogen and oxygen atoms in total. The Hall–Kier alpha value is -4.00. The maximum absolute atomic E-state index is 13.2. The highest BCUT2D eigenvalue weighted by Gasteiger charge is 2.42. The Balaban J connectivity index is 1.19. The molecule has 2 aliphatic rings. The van der Waals surface area contributed by atoms with Crippen LogP contribution in [-0.4, -0.2) is 40.7 Å². The van der Waals surface area contributed by atoms with Gasteiger partial charge in [-0.3, -0.25) is 4.79 Å². The molecule has 1 fully saturated rings. The van der Waals surface area contributed by atoms with Gasteiger partial charge in [-0.1, -0.05) is 17.3 Å². The van der Waals surface area contributed by atoms with Crippen LogP contribution in [0.3, 0.4) is 0 Å². The third kappa shape index (κ3) is 3.19. The standard InChI is InChI=1S/C26H24N4O3/c1-32-19-10-8-18(9-11-19)21-17-23(33-28-21)25(31)29-15-12-26(13-16-29)24-7-4-14-30(24)22-6-3-2-5-20(22)27-26/h2-11,14,17,27H,12-13,15-16H2,1H3. The Labute approximate surface area is 191 Å².